The summed E-state index contributed by atoms with van der Waals surface area (Å²) in [4.78, 5) is 14.2. The van der Waals surface area contributed by atoms with Crippen LogP contribution in [0.15, 0.2) is 5.11 Å². The molecule has 0 saturated carbocycles. The molecule has 0 aliphatic carbocycles. The molecule has 2 rings (SSSR count). The number of epoxide rings is 1. The Morgan fingerprint density at radius 3 is 3.13 bits per heavy atom. The number of nitrogens with zero attached hydrogens (tertiary/aromatic N) is 3. The number of ether oxygens (including phenoxy) is 1. The zero-order valence-corrected chi connectivity index (χ0v) is 8.64. The van der Waals surface area contributed by atoms with Gasteiger partial charge in [-0.2, -0.15) is 0 Å². The van der Waals surface area contributed by atoms with Gasteiger partial charge in [-0.1, -0.05) is 5.11 Å². The van der Waals surface area contributed by atoms with E-state index in [0.717, 1.165) is 19.4 Å². The lowest BCUT2D eigenvalue weighted by molar-refractivity contribution is -0.123. The Morgan fingerprint density at radius 1 is 1.80 bits per heavy atom. The van der Waals surface area contributed by atoms with Crippen molar-refractivity contribution in [3.63, 3.8) is 0 Å². The highest BCUT2D eigenvalue weighted by Crippen LogP contribution is 2.36. The molecule has 15 heavy (non-hydrogen) atoms. The molecule has 0 radical (unpaired) electrons. The van der Waals surface area contributed by atoms with Crippen molar-refractivity contribution < 1.29 is 9.53 Å². The number of rotatable bonds is 4. The second kappa shape index (κ2) is 3.72. The molecular weight excluding hydrogens is 196 g/mol. The lowest BCUT2D eigenvalue weighted by Crippen LogP contribution is -2.28. The van der Waals surface area contributed by atoms with Crippen LogP contribution in [-0.2, 0) is 9.53 Å². The van der Waals surface area contributed by atoms with E-state index in [1.54, 1.807) is 0 Å². The molecular formula is C9H14N4O2. The minimum absolute atomic E-state index is 0.000694. The van der Waals surface area contributed by atoms with Gasteiger partial charge in [0.25, 0.3) is 0 Å². The van der Waals surface area contributed by atoms with E-state index in [1.165, 1.54) is 0 Å². The summed E-state index contributed by atoms with van der Waals surface area (Å²) in [5.74, 6) is 0.0706. The lowest BCUT2D eigenvalue weighted by atomic mass is 9.93. The average Bonchev–Trinajstić information content (AvgIpc) is 2.81. The number of hydrogen-bond donors (Lipinski definition) is 1. The Kier molecular flexibility index (Phi) is 2.54. The van der Waals surface area contributed by atoms with Crippen LogP contribution in [0, 0.1) is 5.92 Å². The molecule has 2 fully saturated rings. The van der Waals surface area contributed by atoms with Gasteiger partial charge in [-0.15, -0.1) is 0 Å². The highest BCUT2D eigenvalue weighted by molar-refractivity contribution is 5.81. The first kappa shape index (κ1) is 10.3. The standard InChI is InChI=1S/C9H14N4O2/c1-9(5-15-9)3-6-2-7(4-11-13-10)12-8(6)14/h6-7H,2-5H2,1H3,(H,12,14). The lowest BCUT2D eigenvalue weighted by Gasteiger charge is -2.09. The van der Waals surface area contributed by atoms with Gasteiger partial charge in [0.1, 0.15) is 0 Å². The summed E-state index contributed by atoms with van der Waals surface area (Å²) in [6.45, 7) is 3.11. The summed E-state index contributed by atoms with van der Waals surface area (Å²) < 4.78 is 5.26. The maximum absolute atomic E-state index is 11.6. The number of azide groups is 1. The molecule has 6 nitrogen and oxygen atoms in total. The molecule has 6 heteroatoms. The van der Waals surface area contributed by atoms with E-state index in [1.807, 2.05) is 6.92 Å². The smallest absolute Gasteiger partial charge is 0.223 e. The molecule has 0 aromatic heterocycles. The van der Waals surface area contributed by atoms with Gasteiger partial charge in [0.2, 0.25) is 5.91 Å². The quantitative estimate of drug-likeness (QED) is 0.324. The minimum Gasteiger partial charge on any atom is -0.370 e. The number of carbonyl (C=O) groups is 1. The van der Waals surface area contributed by atoms with Gasteiger partial charge in [-0.25, -0.2) is 0 Å². The first-order valence-electron chi connectivity index (χ1n) is 5.08. The van der Waals surface area contributed by atoms with Gasteiger partial charge in [0, 0.05) is 23.4 Å². The molecule has 82 valence electrons. The summed E-state index contributed by atoms with van der Waals surface area (Å²) in [5.41, 5.74) is 8.09. The van der Waals surface area contributed by atoms with Crippen LogP contribution in [0.5, 0.6) is 0 Å². The maximum Gasteiger partial charge on any atom is 0.223 e. The molecule has 2 aliphatic heterocycles. The van der Waals surface area contributed by atoms with Crippen LogP contribution in [0.25, 0.3) is 10.4 Å². The molecule has 1 amide bonds. The van der Waals surface area contributed by atoms with Crippen molar-refractivity contribution in [1.82, 2.24) is 5.32 Å². The summed E-state index contributed by atoms with van der Waals surface area (Å²) in [6.07, 6.45) is 1.52. The van der Waals surface area contributed by atoms with Crippen LogP contribution in [0.2, 0.25) is 0 Å². The molecule has 3 atom stereocenters. The zero-order chi connectivity index (χ0) is 10.9. The second-order valence-electron chi connectivity index (χ2n) is 4.49. The van der Waals surface area contributed by atoms with Crippen molar-refractivity contribution in [3.8, 4) is 0 Å². The fourth-order valence-electron chi connectivity index (χ4n) is 2.02. The number of nitrogens with one attached hydrogen (secondary N) is 1. The molecule has 1 N–H and O–H groups in total. The minimum atomic E-state index is -0.0879. The average molecular weight is 210 g/mol. The van der Waals surface area contributed by atoms with E-state index in [0.29, 0.717) is 6.54 Å². The van der Waals surface area contributed by atoms with Crippen LogP contribution in [-0.4, -0.2) is 30.7 Å². The first-order valence-corrected chi connectivity index (χ1v) is 5.08. The summed E-state index contributed by atoms with van der Waals surface area (Å²) >= 11 is 0. The second-order valence-corrected chi connectivity index (χ2v) is 4.49. The number of hydrogen-bond acceptors (Lipinski definition) is 3. The van der Waals surface area contributed by atoms with Crippen molar-refractivity contribution in [3.05, 3.63) is 10.4 Å². The third-order valence-electron chi connectivity index (χ3n) is 2.97. The van der Waals surface area contributed by atoms with Gasteiger partial charge in [-0.05, 0) is 25.3 Å². The van der Waals surface area contributed by atoms with Crippen molar-refractivity contribution in [2.45, 2.75) is 31.4 Å². The number of carbonyl (C=O) groups excluding carboxylic acids is 1. The Morgan fingerprint density at radius 2 is 2.53 bits per heavy atom. The van der Waals surface area contributed by atoms with E-state index < -0.39 is 0 Å². The predicted octanol–water partition coefficient (Wildman–Crippen LogP) is 0.980. The molecule has 0 spiro atoms. The fourth-order valence-corrected chi connectivity index (χ4v) is 2.02. The van der Waals surface area contributed by atoms with Crippen LogP contribution in [0.1, 0.15) is 19.8 Å². The maximum atomic E-state index is 11.6. The van der Waals surface area contributed by atoms with Crippen LogP contribution >= 0.6 is 0 Å². The zero-order valence-electron chi connectivity index (χ0n) is 8.64. The van der Waals surface area contributed by atoms with Gasteiger partial charge < -0.3 is 10.1 Å². The normalized spacial score (nSPS) is 38.3. The molecule has 0 bridgehead atoms. The van der Waals surface area contributed by atoms with Gasteiger partial charge in [-0.3, -0.25) is 4.79 Å². The van der Waals surface area contributed by atoms with Crippen molar-refractivity contribution in [2.75, 3.05) is 13.2 Å². The van der Waals surface area contributed by atoms with Crippen LogP contribution in [0.3, 0.4) is 0 Å². The summed E-state index contributed by atoms with van der Waals surface area (Å²) in [7, 11) is 0. The molecule has 0 aromatic rings. The summed E-state index contributed by atoms with van der Waals surface area (Å²) in [5, 5.41) is 6.30. The Hall–Kier alpha value is -1.26. The number of amides is 1. The monoisotopic (exact) mass is 210 g/mol. The third-order valence-corrected chi connectivity index (χ3v) is 2.97. The Labute approximate surface area is 87.6 Å². The third kappa shape index (κ3) is 2.40. The van der Waals surface area contributed by atoms with Gasteiger partial charge in [0.15, 0.2) is 0 Å². The molecule has 0 aromatic carbocycles. The predicted molar refractivity (Wildman–Crippen MR) is 53.0 cm³/mol. The van der Waals surface area contributed by atoms with Crippen LogP contribution in [0.4, 0.5) is 0 Å². The molecule has 3 unspecified atom stereocenters. The highest BCUT2D eigenvalue weighted by Gasteiger charge is 2.45. The molecule has 2 heterocycles. The van der Waals surface area contributed by atoms with Gasteiger partial charge >= 0.3 is 0 Å². The van der Waals surface area contributed by atoms with E-state index in [9.17, 15) is 4.79 Å². The fraction of sp³-hybridized carbons (Fsp3) is 0.889. The van der Waals surface area contributed by atoms with E-state index in [4.69, 9.17) is 10.3 Å². The van der Waals surface area contributed by atoms with Crippen molar-refractivity contribution >= 4 is 5.91 Å². The van der Waals surface area contributed by atoms with Gasteiger partial charge in [0.05, 0.1) is 12.2 Å². The van der Waals surface area contributed by atoms with Crippen LogP contribution < -0.4 is 5.32 Å². The van der Waals surface area contributed by atoms with E-state index in [-0.39, 0.29) is 23.5 Å². The van der Waals surface area contributed by atoms with E-state index in [2.05, 4.69) is 15.3 Å². The Balaban J connectivity index is 1.86. The topological polar surface area (TPSA) is 90.4 Å². The molecule has 2 saturated heterocycles. The highest BCUT2D eigenvalue weighted by atomic mass is 16.6. The van der Waals surface area contributed by atoms with Crippen molar-refractivity contribution in [2.24, 2.45) is 11.0 Å². The van der Waals surface area contributed by atoms with Crippen molar-refractivity contribution in [1.29, 1.82) is 0 Å². The first-order chi connectivity index (χ1) is 7.13. The Bertz CT molecular complexity index is 320. The summed E-state index contributed by atoms with van der Waals surface area (Å²) in [6, 6.07) is 0.000694. The van der Waals surface area contributed by atoms with E-state index >= 15 is 0 Å². The molecule has 2 aliphatic rings. The SMILES string of the molecule is CC1(CC2CC(CN=[N+]=[N-])NC2=O)CO1. The largest absolute Gasteiger partial charge is 0.370 e.